The first-order valence-electron chi connectivity index (χ1n) is 8.58. The maximum Gasteiger partial charge on any atom is 0.330 e. The van der Waals surface area contributed by atoms with Gasteiger partial charge in [0.15, 0.2) is 0 Å². The summed E-state index contributed by atoms with van der Waals surface area (Å²) in [6.07, 6.45) is 15.4. The highest BCUT2D eigenvalue weighted by molar-refractivity contribution is 5.82. The van der Waals surface area contributed by atoms with Crippen LogP contribution in [0.2, 0.25) is 0 Å². The minimum absolute atomic E-state index is 0.274. The molecule has 1 unspecified atom stereocenters. The highest BCUT2D eigenvalue weighted by atomic mass is 16.5. The second-order valence-electron chi connectivity index (χ2n) is 6.80. The molecule has 0 N–H and O–H groups in total. The number of hydrogen-bond acceptors (Lipinski definition) is 2. The van der Waals surface area contributed by atoms with E-state index in [-0.39, 0.29) is 5.97 Å². The normalized spacial score (nSPS) is 13.9. The van der Waals surface area contributed by atoms with Gasteiger partial charge >= 0.3 is 5.97 Å². The minimum atomic E-state index is -0.274. The molecule has 0 aliphatic rings. The first kappa shape index (κ1) is 21.4. The van der Waals surface area contributed by atoms with Gasteiger partial charge in [0.25, 0.3) is 0 Å². The van der Waals surface area contributed by atoms with E-state index in [0.717, 1.165) is 43.6 Å². The molecule has 130 valence electrons. The molecule has 0 saturated carbocycles. The van der Waals surface area contributed by atoms with E-state index in [1.165, 1.54) is 12.7 Å². The van der Waals surface area contributed by atoms with E-state index in [0.29, 0.717) is 5.92 Å². The van der Waals surface area contributed by atoms with Crippen LogP contribution in [0, 0.1) is 11.8 Å². The average Bonchev–Trinajstić information content (AvgIpc) is 2.45. The summed E-state index contributed by atoms with van der Waals surface area (Å²) in [5.41, 5.74) is 2.34. The lowest BCUT2D eigenvalue weighted by Gasteiger charge is -2.13. The minimum Gasteiger partial charge on any atom is -0.466 e. The zero-order valence-electron chi connectivity index (χ0n) is 15.6. The Morgan fingerprint density at radius 3 is 2.39 bits per heavy atom. The molecule has 0 aromatic carbocycles. The SMILES string of the molecule is C=C(CC/C=C/C=C/CC(C)C)CC(C)C/C(C)=C/C(=O)OC. The molecule has 0 fully saturated rings. The maximum atomic E-state index is 11.2. The fraction of sp³-hybridized carbons (Fsp3) is 0.571. The molecule has 0 aliphatic heterocycles. The summed E-state index contributed by atoms with van der Waals surface area (Å²) >= 11 is 0. The largest absolute Gasteiger partial charge is 0.466 e. The third kappa shape index (κ3) is 13.8. The van der Waals surface area contributed by atoms with Crippen LogP contribution in [0.15, 0.2) is 48.1 Å². The molecule has 0 amide bonds. The summed E-state index contributed by atoms with van der Waals surface area (Å²) in [4.78, 5) is 11.2. The Kier molecular flexibility index (Phi) is 12.0. The lowest BCUT2D eigenvalue weighted by molar-refractivity contribution is -0.134. The van der Waals surface area contributed by atoms with Crippen molar-refractivity contribution in [2.75, 3.05) is 7.11 Å². The number of carbonyl (C=O) groups excluding carboxylic acids is 1. The van der Waals surface area contributed by atoms with Crippen LogP contribution < -0.4 is 0 Å². The van der Waals surface area contributed by atoms with Gasteiger partial charge in [0.2, 0.25) is 0 Å². The number of allylic oxidation sites excluding steroid dienone is 6. The van der Waals surface area contributed by atoms with Gasteiger partial charge in [0.1, 0.15) is 0 Å². The van der Waals surface area contributed by atoms with E-state index in [1.807, 2.05) is 6.92 Å². The number of carbonyl (C=O) groups is 1. The van der Waals surface area contributed by atoms with Crippen molar-refractivity contribution in [2.45, 2.75) is 59.8 Å². The van der Waals surface area contributed by atoms with Crippen LogP contribution in [0.5, 0.6) is 0 Å². The summed E-state index contributed by atoms with van der Waals surface area (Å²) in [6.45, 7) is 12.8. The van der Waals surface area contributed by atoms with Crippen molar-refractivity contribution < 1.29 is 9.53 Å². The summed E-state index contributed by atoms with van der Waals surface area (Å²) in [5.74, 6) is 0.945. The Labute approximate surface area is 143 Å². The number of methoxy groups -OCH3 is 1. The highest BCUT2D eigenvalue weighted by Gasteiger charge is 2.06. The van der Waals surface area contributed by atoms with E-state index < -0.39 is 0 Å². The van der Waals surface area contributed by atoms with E-state index in [9.17, 15) is 4.79 Å². The quantitative estimate of drug-likeness (QED) is 0.202. The predicted molar refractivity (Wildman–Crippen MR) is 100 cm³/mol. The molecular weight excluding hydrogens is 284 g/mol. The molecule has 0 saturated heterocycles. The highest BCUT2D eigenvalue weighted by Crippen LogP contribution is 2.21. The van der Waals surface area contributed by atoms with Gasteiger partial charge in [-0.05, 0) is 50.9 Å². The monoisotopic (exact) mass is 318 g/mol. The van der Waals surface area contributed by atoms with E-state index >= 15 is 0 Å². The van der Waals surface area contributed by atoms with Crippen molar-refractivity contribution >= 4 is 5.97 Å². The van der Waals surface area contributed by atoms with Crippen molar-refractivity contribution in [3.63, 3.8) is 0 Å². The third-order valence-electron chi connectivity index (χ3n) is 3.53. The van der Waals surface area contributed by atoms with Crippen LogP contribution in [-0.4, -0.2) is 13.1 Å². The summed E-state index contributed by atoms with van der Waals surface area (Å²) in [5, 5.41) is 0. The van der Waals surface area contributed by atoms with Crippen LogP contribution in [0.4, 0.5) is 0 Å². The molecular formula is C21H34O2. The summed E-state index contributed by atoms with van der Waals surface area (Å²) in [6, 6.07) is 0. The van der Waals surface area contributed by atoms with Gasteiger partial charge in [-0.2, -0.15) is 0 Å². The number of ether oxygens (including phenoxy) is 1. The number of hydrogen-bond donors (Lipinski definition) is 0. The lowest BCUT2D eigenvalue weighted by atomic mass is 9.93. The van der Waals surface area contributed by atoms with E-state index in [4.69, 9.17) is 0 Å². The zero-order chi connectivity index (χ0) is 17.7. The van der Waals surface area contributed by atoms with Gasteiger partial charge < -0.3 is 4.74 Å². The summed E-state index contributed by atoms with van der Waals surface area (Å²) < 4.78 is 4.64. The summed E-state index contributed by atoms with van der Waals surface area (Å²) in [7, 11) is 1.41. The molecule has 0 spiro atoms. The van der Waals surface area contributed by atoms with Crippen LogP contribution in [0.1, 0.15) is 59.8 Å². The lowest BCUT2D eigenvalue weighted by Crippen LogP contribution is -2.01. The molecule has 1 atom stereocenters. The van der Waals surface area contributed by atoms with Gasteiger partial charge in [0, 0.05) is 6.08 Å². The second-order valence-corrected chi connectivity index (χ2v) is 6.80. The molecule has 0 aromatic heterocycles. The Bertz CT molecular complexity index is 439. The van der Waals surface area contributed by atoms with Crippen LogP contribution in [-0.2, 0) is 9.53 Å². The standard InChI is InChI=1S/C21H34O2/c1-17(2)12-10-8-7-9-11-13-18(3)14-19(4)15-20(5)16-21(22)23-6/h7-10,16-17,19H,3,11-15H2,1-2,4-6H3/b9-7+,10-8+,20-16+. The van der Waals surface area contributed by atoms with E-state index in [1.54, 1.807) is 6.08 Å². The van der Waals surface area contributed by atoms with Crippen molar-refractivity contribution in [1.29, 1.82) is 0 Å². The Morgan fingerprint density at radius 1 is 1.13 bits per heavy atom. The van der Waals surface area contributed by atoms with Crippen LogP contribution in [0.3, 0.4) is 0 Å². The van der Waals surface area contributed by atoms with Gasteiger partial charge in [-0.25, -0.2) is 4.79 Å². The fourth-order valence-corrected chi connectivity index (χ4v) is 2.43. The zero-order valence-corrected chi connectivity index (χ0v) is 15.6. The first-order valence-corrected chi connectivity index (χ1v) is 8.58. The Balaban J connectivity index is 3.97. The molecule has 0 radical (unpaired) electrons. The average molecular weight is 319 g/mol. The Morgan fingerprint density at radius 2 is 1.78 bits per heavy atom. The predicted octanol–water partition coefficient (Wildman–Crippen LogP) is 6.02. The van der Waals surface area contributed by atoms with Crippen LogP contribution in [0.25, 0.3) is 0 Å². The Hall–Kier alpha value is -1.57. The van der Waals surface area contributed by atoms with Crippen molar-refractivity contribution in [3.05, 3.63) is 48.1 Å². The smallest absolute Gasteiger partial charge is 0.330 e. The fourth-order valence-electron chi connectivity index (χ4n) is 2.43. The van der Waals surface area contributed by atoms with Gasteiger partial charge in [-0.1, -0.05) is 62.8 Å². The maximum absolute atomic E-state index is 11.2. The van der Waals surface area contributed by atoms with Gasteiger partial charge in [0.05, 0.1) is 7.11 Å². The van der Waals surface area contributed by atoms with Gasteiger partial charge in [-0.3, -0.25) is 0 Å². The molecule has 0 rings (SSSR count). The van der Waals surface area contributed by atoms with Crippen LogP contribution >= 0.6 is 0 Å². The van der Waals surface area contributed by atoms with Crippen molar-refractivity contribution in [2.24, 2.45) is 11.8 Å². The molecule has 0 aliphatic carbocycles. The van der Waals surface area contributed by atoms with Crippen molar-refractivity contribution in [3.8, 4) is 0 Å². The first-order chi connectivity index (χ1) is 10.8. The second kappa shape index (κ2) is 12.9. The van der Waals surface area contributed by atoms with E-state index in [2.05, 4.69) is 56.4 Å². The molecule has 0 bridgehead atoms. The molecule has 2 heteroatoms. The molecule has 2 nitrogen and oxygen atoms in total. The number of rotatable bonds is 11. The molecule has 0 aromatic rings. The molecule has 0 heterocycles. The number of esters is 1. The topological polar surface area (TPSA) is 26.3 Å². The molecule has 23 heavy (non-hydrogen) atoms. The van der Waals surface area contributed by atoms with Gasteiger partial charge in [-0.15, -0.1) is 0 Å². The third-order valence-corrected chi connectivity index (χ3v) is 3.53. The van der Waals surface area contributed by atoms with Crippen molar-refractivity contribution in [1.82, 2.24) is 0 Å².